The van der Waals surface area contributed by atoms with Crippen molar-refractivity contribution < 1.29 is 13.2 Å². The third kappa shape index (κ3) is 5.99. The van der Waals surface area contributed by atoms with Crippen LogP contribution in [-0.4, -0.2) is 46.8 Å². The summed E-state index contributed by atoms with van der Waals surface area (Å²) in [6.07, 6.45) is 1.88. The first-order chi connectivity index (χ1) is 13.2. The number of nitrogens with one attached hydrogen (secondary N) is 1. The third-order valence-corrected chi connectivity index (χ3v) is 5.75. The van der Waals surface area contributed by atoms with E-state index < -0.39 is 16.1 Å². The summed E-state index contributed by atoms with van der Waals surface area (Å²) in [5, 5.41) is 2.85. The first-order valence-electron chi connectivity index (χ1n) is 9.30. The van der Waals surface area contributed by atoms with Gasteiger partial charge in [-0.2, -0.15) is 0 Å². The van der Waals surface area contributed by atoms with Crippen LogP contribution in [0.15, 0.2) is 54.6 Å². The summed E-state index contributed by atoms with van der Waals surface area (Å²) in [5.74, 6) is -0.311. The van der Waals surface area contributed by atoms with Crippen LogP contribution >= 0.6 is 0 Å². The van der Waals surface area contributed by atoms with Crippen LogP contribution in [0.4, 0.5) is 11.4 Å². The van der Waals surface area contributed by atoms with Crippen molar-refractivity contribution in [2.24, 2.45) is 0 Å². The molecular weight excluding hydrogens is 374 g/mol. The zero-order valence-corrected chi connectivity index (χ0v) is 17.7. The van der Waals surface area contributed by atoms with Gasteiger partial charge >= 0.3 is 0 Å². The number of sulfonamides is 1. The van der Waals surface area contributed by atoms with Crippen LogP contribution in [0.25, 0.3) is 0 Å². The number of rotatable bonds is 9. The zero-order valence-electron chi connectivity index (χ0n) is 16.9. The van der Waals surface area contributed by atoms with Gasteiger partial charge in [0, 0.05) is 25.8 Å². The van der Waals surface area contributed by atoms with Crippen molar-refractivity contribution in [2.75, 3.05) is 35.6 Å². The van der Waals surface area contributed by atoms with Crippen LogP contribution in [0.2, 0.25) is 0 Å². The minimum atomic E-state index is -3.59. The van der Waals surface area contributed by atoms with Gasteiger partial charge in [-0.25, -0.2) is 8.42 Å². The van der Waals surface area contributed by atoms with Crippen molar-refractivity contribution in [3.05, 3.63) is 60.2 Å². The average molecular weight is 404 g/mol. The van der Waals surface area contributed by atoms with E-state index in [9.17, 15) is 13.2 Å². The topological polar surface area (TPSA) is 69.7 Å². The Morgan fingerprint density at radius 2 is 1.71 bits per heavy atom. The van der Waals surface area contributed by atoms with Crippen LogP contribution in [0, 0.1) is 6.92 Å². The average Bonchev–Trinajstić information content (AvgIpc) is 2.64. The van der Waals surface area contributed by atoms with E-state index in [4.69, 9.17) is 0 Å². The molecule has 2 aromatic rings. The van der Waals surface area contributed by atoms with Crippen molar-refractivity contribution in [1.82, 2.24) is 5.32 Å². The molecule has 0 aliphatic carbocycles. The van der Waals surface area contributed by atoms with Gasteiger partial charge in [0.05, 0.1) is 11.9 Å². The molecule has 1 unspecified atom stereocenters. The highest BCUT2D eigenvalue weighted by Gasteiger charge is 2.28. The van der Waals surface area contributed by atoms with Gasteiger partial charge in [0.2, 0.25) is 15.9 Å². The predicted octanol–water partition coefficient (Wildman–Crippen LogP) is 2.79. The van der Waals surface area contributed by atoms with E-state index in [2.05, 4.69) is 10.2 Å². The van der Waals surface area contributed by atoms with Gasteiger partial charge in [0.25, 0.3) is 0 Å². The normalized spacial score (nSPS) is 12.3. The van der Waals surface area contributed by atoms with Gasteiger partial charge in [-0.05, 0) is 50.1 Å². The number of benzene rings is 2. The second-order valence-electron chi connectivity index (χ2n) is 6.98. The number of carbonyl (C=O) groups is 1. The van der Waals surface area contributed by atoms with Crippen molar-refractivity contribution in [3.8, 4) is 0 Å². The maximum atomic E-state index is 12.6. The Morgan fingerprint density at radius 3 is 2.32 bits per heavy atom. The maximum absolute atomic E-state index is 12.6. The molecule has 0 saturated heterocycles. The van der Waals surface area contributed by atoms with Gasteiger partial charge in [0.1, 0.15) is 6.04 Å². The van der Waals surface area contributed by atoms with E-state index in [1.807, 2.05) is 50.4 Å². The smallest absolute Gasteiger partial charge is 0.243 e. The second-order valence-corrected chi connectivity index (χ2v) is 8.83. The molecule has 2 rings (SSSR count). The molecule has 0 fully saturated rings. The monoisotopic (exact) mass is 403 g/mol. The summed E-state index contributed by atoms with van der Waals surface area (Å²) in [6.45, 7) is 4.75. The van der Waals surface area contributed by atoms with Crippen LogP contribution < -0.4 is 14.5 Å². The highest BCUT2D eigenvalue weighted by Crippen LogP contribution is 2.22. The lowest BCUT2D eigenvalue weighted by Gasteiger charge is -2.28. The van der Waals surface area contributed by atoms with E-state index in [0.717, 1.165) is 30.5 Å². The molecule has 1 atom stereocenters. The summed E-state index contributed by atoms with van der Waals surface area (Å²) in [5.41, 5.74) is 2.54. The minimum absolute atomic E-state index is 0.311. The Bertz CT molecular complexity index is 885. The van der Waals surface area contributed by atoms with Crippen molar-refractivity contribution in [3.63, 3.8) is 0 Å². The van der Waals surface area contributed by atoms with Gasteiger partial charge in [-0.3, -0.25) is 9.10 Å². The standard InChI is InChI=1S/C21H29N3O3S/c1-17-10-8-13-20(16-17)24(28(4,26)27)18(2)21(25)22-14-9-15-23(3)19-11-6-5-7-12-19/h5-8,10-13,16,18H,9,14-15H2,1-4H3,(H,22,25). The Labute approximate surface area is 168 Å². The van der Waals surface area contributed by atoms with Gasteiger partial charge in [-0.1, -0.05) is 30.3 Å². The Hall–Kier alpha value is -2.54. The molecule has 0 aliphatic rings. The van der Waals surface area contributed by atoms with Gasteiger partial charge < -0.3 is 10.2 Å². The number of anilines is 2. The molecule has 6 nitrogen and oxygen atoms in total. The lowest BCUT2D eigenvalue weighted by molar-refractivity contribution is -0.121. The number of hydrogen-bond acceptors (Lipinski definition) is 4. The highest BCUT2D eigenvalue weighted by atomic mass is 32.2. The Morgan fingerprint density at radius 1 is 1.07 bits per heavy atom. The Kier molecular flexibility index (Phi) is 7.45. The molecule has 28 heavy (non-hydrogen) atoms. The van der Waals surface area contributed by atoms with Crippen molar-refractivity contribution in [1.29, 1.82) is 0 Å². The van der Waals surface area contributed by atoms with E-state index in [0.29, 0.717) is 12.2 Å². The number of hydrogen-bond donors (Lipinski definition) is 1. The van der Waals surface area contributed by atoms with Gasteiger partial charge in [0.15, 0.2) is 0 Å². The zero-order chi connectivity index (χ0) is 20.7. The van der Waals surface area contributed by atoms with Crippen LogP contribution in [-0.2, 0) is 14.8 Å². The third-order valence-electron chi connectivity index (χ3n) is 4.51. The summed E-state index contributed by atoms with van der Waals surface area (Å²) in [7, 11) is -1.59. The lowest BCUT2D eigenvalue weighted by atomic mass is 10.2. The molecule has 1 N–H and O–H groups in total. The highest BCUT2D eigenvalue weighted by molar-refractivity contribution is 7.92. The molecule has 0 heterocycles. The summed E-state index contributed by atoms with van der Waals surface area (Å²) in [4.78, 5) is 14.7. The predicted molar refractivity (Wildman–Crippen MR) is 115 cm³/mol. The summed E-state index contributed by atoms with van der Waals surface area (Å²) < 4.78 is 25.8. The fourth-order valence-electron chi connectivity index (χ4n) is 3.06. The molecule has 1 amide bonds. The lowest BCUT2D eigenvalue weighted by Crippen LogP contribution is -2.48. The second kappa shape index (κ2) is 9.59. The van der Waals surface area contributed by atoms with E-state index >= 15 is 0 Å². The molecule has 0 saturated carbocycles. The van der Waals surface area contributed by atoms with Crippen LogP contribution in [0.5, 0.6) is 0 Å². The number of nitrogens with zero attached hydrogens (tertiary/aromatic N) is 2. The van der Waals surface area contributed by atoms with Crippen molar-refractivity contribution in [2.45, 2.75) is 26.3 Å². The first-order valence-corrected chi connectivity index (χ1v) is 11.1. The Balaban J connectivity index is 1.94. The SMILES string of the molecule is Cc1cccc(N(C(C)C(=O)NCCCN(C)c2ccccc2)S(C)(=O)=O)c1. The molecule has 0 bridgehead atoms. The largest absolute Gasteiger partial charge is 0.375 e. The molecule has 0 aromatic heterocycles. The van der Waals surface area contributed by atoms with Crippen LogP contribution in [0.1, 0.15) is 18.9 Å². The van der Waals surface area contributed by atoms with E-state index in [1.54, 1.807) is 25.1 Å². The number of aryl methyl sites for hydroxylation is 1. The fourth-order valence-corrected chi connectivity index (χ4v) is 4.23. The first kappa shape index (κ1) is 21.8. The minimum Gasteiger partial charge on any atom is -0.375 e. The van der Waals surface area contributed by atoms with E-state index in [-0.39, 0.29) is 5.91 Å². The summed E-state index contributed by atoms with van der Waals surface area (Å²) in [6, 6.07) is 16.3. The molecular formula is C21H29N3O3S. The fraction of sp³-hybridized carbons (Fsp3) is 0.381. The number of carbonyl (C=O) groups excluding carboxylic acids is 1. The van der Waals surface area contributed by atoms with Crippen LogP contribution in [0.3, 0.4) is 0 Å². The molecule has 2 aromatic carbocycles. The molecule has 0 spiro atoms. The maximum Gasteiger partial charge on any atom is 0.243 e. The number of para-hydroxylation sites is 1. The molecule has 152 valence electrons. The molecule has 0 radical (unpaired) electrons. The number of amides is 1. The van der Waals surface area contributed by atoms with Gasteiger partial charge in [-0.15, -0.1) is 0 Å². The summed E-state index contributed by atoms with van der Waals surface area (Å²) >= 11 is 0. The quantitative estimate of drug-likeness (QED) is 0.654. The van der Waals surface area contributed by atoms with Crippen molar-refractivity contribution >= 4 is 27.3 Å². The molecule has 0 aliphatic heterocycles. The molecule has 7 heteroatoms. The van der Waals surface area contributed by atoms with E-state index in [1.165, 1.54) is 4.31 Å².